The Morgan fingerprint density at radius 3 is 2.30 bits per heavy atom. The average Bonchev–Trinajstić information content (AvgIpc) is 3.06. The van der Waals surface area contributed by atoms with Gasteiger partial charge in [0.2, 0.25) is 0 Å². The van der Waals surface area contributed by atoms with Gasteiger partial charge in [0.05, 0.1) is 12.7 Å². The van der Waals surface area contributed by atoms with Gasteiger partial charge in [-0.05, 0) is 48.9 Å². The highest BCUT2D eigenvalue weighted by Crippen LogP contribution is 2.45. The smallest absolute Gasteiger partial charge is 0.0897 e. The maximum absolute atomic E-state index is 9.99. The number of aliphatic hydroxyl groups excluding tert-OH is 1. The van der Waals surface area contributed by atoms with Crippen molar-refractivity contribution in [3.63, 3.8) is 0 Å². The quantitative estimate of drug-likeness (QED) is 0.755. The summed E-state index contributed by atoms with van der Waals surface area (Å²) in [5.41, 5.74) is 0.791. The highest BCUT2D eigenvalue weighted by molar-refractivity contribution is 4.92. The monoisotopic (exact) mass is 283 g/mol. The van der Waals surface area contributed by atoms with E-state index in [1.165, 1.54) is 32.1 Å². The van der Waals surface area contributed by atoms with Crippen LogP contribution in [0.25, 0.3) is 0 Å². The molecule has 2 saturated carbocycles. The first-order valence-corrected chi connectivity index (χ1v) is 8.25. The van der Waals surface area contributed by atoms with Gasteiger partial charge < -0.3 is 15.2 Å². The van der Waals surface area contributed by atoms with Crippen LogP contribution in [0.2, 0.25) is 0 Å². The van der Waals surface area contributed by atoms with Gasteiger partial charge in [-0.25, -0.2) is 0 Å². The molecule has 118 valence electrons. The second-order valence-electron chi connectivity index (χ2n) is 8.65. The van der Waals surface area contributed by atoms with Gasteiger partial charge in [-0.1, -0.05) is 27.7 Å². The van der Waals surface area contributed by atoms with Crippen molar-refractivity contribution in [1.82, 2.24) is 5.32 Å². The fraction of sp³-hybridized carbons (Fsp3) is 1.00. The maximum Gasteiger partial charge on any atom is 0.0897 e. The summed E-state index contributed by atoms with van der Waals surface area (Å²) in [6.45, 7) is 11.4. The minimum atomic E-state index is -0.373. The van der Waals surface area contributed by atoms with E-state index in [4.69, 9.17) is 4.74 Å². The van der Waals surface area contributed by atoms with Gasteiger partial charge in [0, 0.05) is 19.2 Å². The molecular weight excluding hydrogens is 250 g/mol. The summed E-state index contributed by atoms with van der Waals surface area (Å²) >= 11 is 0. The zero-order valence-corrected chi connectivity index (χ0v) is 13.7. The van der Waals surface area contributed by atoms with Crippen molar-refractivity contribution in [3.8, 4) is 0 Å². The Balaban J connectivity index is 1.66. The van der Waals surface area contributed by atoms with Crippen LogP contribution in [0.5, 0.6) is 0 Å². The lowest BCUT2D eigenvalue weighted by molar-refractivity contribution is 0.0246. The van der Waals surface area contributed by atoms with Crippen LogP contribution in [0.3, 0.4) is 0 Å². The van der Waals surface area contributed by atoms with Crippen molar-refractivity contribution < 1.29 is 9.84 Å². The Kier molecular flexibility index (Phi) is 5.14. The van der Waals surface area contributed by atoms with Gasteiger partial charge >= 0.3 is 0 Å². The van der Waals surface area contributed by atoms with Gasteiger partial charge in [0.25, 0.3) is 0 Å². The van der Waals surface area contributed by atoms with Gasteiger partial charge in [-0.15, -0.1) is 0 Å². The first kappa shape index (κ1) is 16.3. The summed E-state index contributed by atoms with van der Waals surface area (Å²) in [5, 5.41) is 13.5. The van der Waals surface area contributed by atoms with Crippen LogP contribution in [0.4, 0.5) is 0 Å². The predicted molar refractivity (Wildman–Crippen MR) is 82.8 cm³/mol. The molecule has 3 nitrogen and oxygen atoms in total. The van der Waals surface area contributed by atoms with Gasteiger partial charge in [0.15, 0.2) is 0 Å². The Morgan fingerprint density at radius 1 is 1.15 bits per heavy atom. The third-order valence-electron chi connectivity index (χ3n) is 4.56. The van der Waals surface area contributed by atoms with E-state index >= 15 is 0 Å². The van der Waals surface area contributed by atoms with Crippen LogP contribution in [0.15, 0.2) is 0 Å². The summed E-state index contributed by atoms with van der Waals surface area (Å²) in [4.78, 5) is 0. The van der Waals surface area contributed by atoms with Crippen molar-refractivity contribution in [2.75, 3.05) is 19.8 Å². The fourth-order valence-corrected chi connectivity index (χ4v) is 4.01. The third-order valence-corrected chi connectivity index (χ3v) is 4.56. The minimum absolute atomic E-state index is 0.373. The van der Waals surface area contributed by atoms with E-state index in [1.54, 1.807) is 0 Å². The van der Waals surface area contributed by atoms with Crippen LogP contribution >= 0.6 is 0 Å². The first-order chi connectivity index (χ1) is 9.26. The van der Waals surface area contributed by atoms with Crippen molar-refractivity contribution in [2.24, 2.45) is 16.7 Å². The van der Waals surface area contributed by atoms with E-state index in [-0.39, 0.29) is 6.10 Å². The molecule has 0 radical (unpaired) electrons. The Bertz CT molecular complexity index is 294. The van der Waals surface area contributed by atoms with Crippen LogP contribution < -0.4 is 5.32 Å². The average molecular weight is 283 g/mol. The summed E-state index contributed by atoms with van der Waals surface area (Å²) in [6, 6.07) is 0.520. The van der Waals surface area contributed by atoms with E-state index in [9.17, 15) is 5.11 Å². The first-order valence-electron chi connectivity index (χ1n) is 8.25. The van der Waals surface area contributed by atoms with E-state index in [0.717, 1.165) is 12.5 Å². The van der Waals surface area contributed by atoms with Crippen LogP contribution in [0.1, 0.15) is 59.8 Å². The second kappa shape index (κ2) is 6.33. The Labute approximate surface area is 124 Å². The van der Waals surface area contributed by atoms with Crippen molar-refractivity contribution >= 4 is 0 Å². The number of rotatable bonds is 7. The molecule has 0 amide bonds. The fourth-order valence-electron chi connectivity index (χ4n) is 4.01. The van der Waals surface area contributed by atoms with E-state index < -0.39 is 0 Å². The van der Waals surface area contributed by atoms with Crippen LogP contribution in [0, 0.1) is 16.7 Å². The van der Waals surface area contributed by atoms with Gasteiger partial charge in [-0.2, -0.15) is 0 Å². The summed E-state index contributed by atoms with van der Waals surface area (Å²) in [5.74, 6) is 0.773. The highest BCUT2D eigenvalue weighted by Gasteiger charge is 2.38. The summed E-state index contributed by atoms with van der Waals surface area (Å²) in [7, 11) is 0. The van der Waals surface area contributed by atoms with Gasteiger partial charge in [0.1, 0.15) is 0 Å². The molecule has 1 unspecified atom stereocenters. The molecule has 0 aromatic rings. The lowest BCUT2D eigenvalue weighted by atomic mass is 9.63. The number of aliphatic hydroxyl groups is 1. The molecule has 0 aliphatic heterocycles. The number of nitrogens with one attached hydrogen (secondary N) is 1. The molecule has 0 saturated heterocycles. The molecule has 20 heavy (non-hydrogen) atoms. The molecule has 2 aliphatic carbocycles. The standard InChI is InChI=1S/C17H33NO2/c1-16(2)7-14(8-17(3,4)12-16)18-9-15(19)11-20-10-13-5-6-13/h13-15,18-19H,5-12H2,1-4H3. The molecule has 2 fully saturated rings. The Hall–Kier alpha value is -0.120. The molecule has 1 atom stereocenters. The molecular formula is C17H33NO2. The summed E-state index contributed by atoms with van der Waals surface area (Å²) in [6.07, 6.45) is 5.92. The van der Waals surface area contributed by atoms with Crippen molar-refractivity contribution in [1.29, 1.82) is 0 Å². The lowest BCUT2D eigenvalue weighted by Gasteiger charge is -2.45. The van der Waals surface area contributed by atoms with E-state index in [2.05, 4.69) is 33.0 Å². The Morgan fingerprint density at radius 2 is 1.75 bits per heavy atom. The highest BCUT2D eigenvalue weighted by atomic mass is 16.5. The van der Waals surface area contributed by atoms with Crippen LogP contribution in [-0.2, 0) is 4.74 Å². The largest absolute Gasteiger partial charge is 0.389 e. The molecule has 2 N–H and O–H groups in total. The topological polar surface area (TPSA) is 41.5 Å². The number of ether oxygens (including phenoxy) is 1. The maximum atomic E-state index is 9.99. The second-order valence-corrected chi connectivity index (χ2v) is 8.65. The normalized spacial score (nSPS) is 27.4. The zero-order chi connectivity index (χ0) is 14.8. The molecule has 0 bridgehead atoms. The number of hydrogen-bond donors (Lipinski definition) is 2. The molecule has 2 aliphatic rings. The lowest BCUT2D eigenvalue weighted by Crippen LogP contribution is -2.46. The summed E-state index contributed by atoms with van der Waals surface area (Å²) < 4.78 is 5.55. The molecule has 0 spiro atoms. The molecule has 0 aromatic heterocycles. The SMILES string of the molecule is CC1(C)CC(NCC(O)COCC2CC2)CC(C)(C)C1. The molecule has 3 heteroatoms. The van der Waals surface area contributed by atoms with Gasteiger partial charge in [-0.3, -0.25) is 0 Å². The van der Waals surface area contributed by atoms with Crippen molar-refractivity contribution in [3.05, 3.63) is 0 Å². The molecule has 0 heterocycles. The van der Waals surface area contributed by atoms with E-state index in [1.807, 2.05) is 0 Å². The van der Waals surface area contributed by atoms with Crippen molar-refractivity contribution in [2.45, 2.75) is 71.9 Å². The predicted octanol–water partition coefficient (Wildman–Crippen LogP) is 2.97. The zero-order valence-electron chi connectivity index (χ0n) is 13.7. The number of hydrogen-bond acceptors (Lipinski definition) is 3. The van der Waals surface area contributed by atoms with Crippen LogP contribution in [-0.4, -0.2) is 37.0 Å². The van der Waals surface area contributed by atoms with E-state index in [0.29, 0.717) is 30.0 Å². The molecule has 2 rings (SSSR count). The third kappa shape index (κ3) is 5.71. The minimum Gasteiger partial charge on any atom is -0.389 e. The molecule has 0 aromatic carbocycles.